The molecule has 27 heavy (non-hydrogen) atoms. The van der Waals surface area contributed by atoms with Crippen LogP contribution in [0.3, 0.4) is 0 Å². The third kappa shape index (κ3) is 3.33. The number of rotatable bonds is 5. The highest BCUT2D eigenvalue weighted by Gasteiger charge is 2.35. The molecular weight excluding hydrogens is 340 g/mol. The molecule has 0 N–H and O–H groups in total. The van der Waals surface area contributed by atoms with Crippen molar-refractivity contribution in [3.63, 3.8) is 0 Å². The molecule has 1 aromatic heterocycles. The molecule has 3 aromatic rings. The maximum Gasteiger partial charge on any atom is 0.162 e. The molecule has 1 aliphatic rings. The maximum atomic E-state index is 6.03. The summed E-state index contributed by atoms with van der Waals surface area (Å²) in [5.41, 5.74) is 2.29. The molecule has 140 valence electrons. The number of hydrogen-bond donors (Lipinski definition) is 0. The average Bonchev–Trinajstić information content (AvgIpc) is 3.34. The average molecular weight is 364 g/mol. The van der Waals surface area contributed by atoms with Crippen LogP contribution in [0.5, 0.6) is 11.5 Å². The van der Waals surface area contributed by atoms with E-state index in [1.165, 1.54) is 0 Å². The van der Waals surface area contributed by atoms with Crippen LogP contribution in [-0.2, 0) is 0 Å². The topological polar surface area (TPSA) is 38.1 Å². The van der Waals surface area contributed by atoms with Crippen LogP contribution >= 0.6 is 0 Å². The third-order valence-electron chi connectivity index (χ3n) is 5.00. The molecule has 5 nitrogen and oxygen atoms in total. The smallest absolute Gasteiger partial charge is 0.162 e. The molecule has 0 bridgehead atoms. The molecule has 0 amide bonds. The van der Waals surface area contributed by atoms with Crippen molar-refractivity contribution in [2.24, 2.45) is 0 Å². The van der Waals surface area contributed by atoms with E-state index in [0.717, 1.165) is 47.5 Å². The molecule has 2 aromatic carbocycles. The van der Waals surface area contributed by atoms with Gasteiger partial charge in [-0.3, -0.25) is 0 Å². The molecule has 0 atom stereocenters. The first-order valence-electron chi connectivity index (χ1n) is 9.07. The highest BCUT2D eigenvalue weighted by Crippen LogP contribution is 2.39. The van der Waals surface area contributed by atoms with E-state index >= 15 is 0 Å². The number of nitrogens with zero attached hydrogens (tertiary/aromatic N) is 2. The first-order valence-corrected chi connectivity index (χ1v) is 9.07. The van der Waals surface area contributed by atoms with Crippen molar-refractivity contribution in [1.82, 2.24) is 0 Å². The van der Waals surface area contributed by atoms with E-state index in [-0.39, 0.29) is 6.17 Å². The minimum absolute atomic E-state index is 0.000454. The monoisotopic (exact) mass is 364 g/mol. The van der Waals surface area contributed by atoms with Crippen LogP contribution in [0.4, 0.5) is 11.4 Å². The second-order valence-corrected chi connectivity index (χ2v) is 6.60. The Morgan fingerprint density at radius 1 is 0.741 bits per heavy atom. The van der Waals surface area contributed by atoms with Gasteiger partial charge in [-0.05, 0) is 67.6 Å². The van der Waals surface area contributed by atoms with Crippen molar-refractivity contribution in [2.75, 3.05) is 37.1 Å². The van der Waals surface area contributed by atoms with E-state index in [1.807, 2.05) is 37.3 Å². The van der Waals surface area contributed by atoms with Crippen LogP contribution in [0.2, 0.25) is 0 Å². The first kappa shape index (κ1) is 17.3. The summed E-state index contributed by atoms with van der Waals surface area (Å²) in [6.07, 6.45) is 0.000454. The fourth-order valence-electron chi connectivity index (χ4n) is 3.62. The van der Waals surface area contributed by atoms with Crippen molar-refractivity contribution in [2.45, 2.75) is 13.1 Å². The van der Waals surface area contributed by atoms with E-state index in [2.05, 4.69) is 40.1 Å². The molecule has 4 rings (SSSR count). The second kappa shape index (κ2) is 7.27. The molecule has 0 saturated carbocycles. The van der Waals surface area contributed by atoms with Crippen molar-refractivity contribution < 1.29 is 13.9 Å². The number of anilines is 2. The SMILES string of the molecule is COc1ccc(N2CCN(c3ccc(OC)cc3)C2c2ccc(C)o2)cc1. The minimum Gasteiger partial charge on any atom is -0.497 e. The van der Waals surface area contributed by atoms with Crippen LogP contribution in [0.25, 0.3) is 0 Å². The Morgan fingerprint density at radius 3 is 1.59 bits per heavy atom. The zero-order valence-electron chi connectivity index (χ0n) is 15.9. The van der Waals surface area contributed by atoms with Gasteiger partial charge in [0.05, 0.1) is 14.2 Å². The van der Waals surface area contributed by atoms with E-state index in [4.69, 9.17) is 13.9 Å². The minimum atomic E-state index is 0.000454. The fourth-order valence-corrected chi connectivity index (χ4v) is 3.62. The highest BCUT2D eigenvalue weighted by molar-refractivity contribution is 5.59. The van der Waals surface area contributed by atoms with Crippen molar-refractivity contribution in [3.8, 4) is 11.5 Å². The highest BCUT2D eigenvalue weighted by atomic mass is 16.5. The summed E-state index contributed by atoms with van der Waals surface area (Å²) in [6, 6.07) is 20.5. The molecular formula is C22H24N2O3. The number of furan rings is 1. The summed E-state index contributed by atoms with van der Waals surface area (Å²) in [5, 5.41) is 0. The Morgan fingerprint density at radius 2 is 1.22 bits per heavy atom. The number of aryl methyl sites for hydroxylation is 1. The van der Waals surface area contributed by atoms with Gasteiger partial charge in [0.25, 0.3) is 0 Å². The second-order valence-electron chi connectivity index (χ2n) is 6.60. The van der Waals surface area contributed by atoms with Crippen molar-refractivity contribution >= 4 is 11.4 Å². The van der Waals surface area contributed by atoms with E-state index in [0.29, 0.717) is 0 Å². The Hall–Kier alpha value is -3.08. The quantitative estimate of drug-likeness (QED) is 0.660. The van der Waals surface area contributed by atoms with Gasteiger partial charge in [0, 0.05) is 24.5 Å². The molecule has 1 aliphatic heterocycles. The number of methoxy groups -OCH3 is 2. The molecule has 0 radical (unpaired) electrons. The molecule has 2 heterocycles. The predicted molar refractivity (Wildman–Crippen MR) is 107 cm³/mol. The Balaban J connectivity index is 1.70. The lowest BCUT2D eigenvalue weighted by Crippen LogP contribution is -2.30. The van der Waals surface area contributed by atoms with Crippen LogP contribution < -0.4 is 19.3 Å². The summed E-state index contributed by atoms with van der Waals surface area (Å²) < 4.78 is 16.6. The fraction of sp³-hybridized carbons (Fsp3) is 0.273. The molecule has 1 saturated heterocycles. The van der Waals surface area contributed by atoms with Gasteiger partial charge in [-0.1, -0.05) is 0 Å². The van der Waals surface area contributed by atoms with Crippen LogP contribution in [-0.4, -0.2) is 27.3 Å². The number of ether oxygens (including phenoxy) is 2. The molecule has 1 fully saturated rings. The van der Waals surface area contributed by atoms with E-state index in [9.17, 15) is 0 Å². The Labute approximate surface area is 159 Å². The number of benzene rings is 2. The predicted octanol–water partition coefficient (Wildman–Crippen LogP) is 4.63. The van der Waals surface area contributed by atoms with Gasteiger partial charge < -0.3 is 23.7 Å². The van der Waals surface area contributed by atoms with Gasteiger partial charge in [0.1, 0.15) is 23.0 Å². The Kier molecular flexibility index (Phi) is 4.67. The lowest BCUT2D eigenvalue weighted by Gasteiger charge is -2.31. The van der Waals surface area contributed by atoms with Gasteiger partial charge in [-0.25, -0.2) is 0 Å². The van der Waals surface area contributed by atoms with Gasteiger partial charge in [-0.15, -0.1) is 0 Å². The van der Waals surface area contributed by atoms with E-state index < -0.39 is 0 Å². The Bertz CT molecular complexity index is 831. The lowest BCUT2D eigenvalue weighted by molar-refractivity contribution is 0.414. The van der Waals surface area contributed by atoms with Gasteiger partial charge in [0.2, 0.25) is 0 Å². The summed E-state index contributed by atoms with van der Waals surface area (Å²) in [7, 11) is 3.37. The van der Waals surface area contributed by atoms with Crippen molar-refractivity contribution in [3.05, 3.63) is 72.2 Å². The van der Waals surface area contributed by atoms with Gasteiger partial charge in [-0.2, -0.15) is 0 Å². The third-order valence-corrected chi connectivity index (χ3v) is 5.00. The van der Waals surface area contributed by atoms with Crippen LogP contribution in [0, 0.1) is 6.92 Å². The van der Waals surface area contributed by atoms with Crippen LogP contribution in [0.1, 0.15) is 17.7 Å². The van der Waals surface area contributed by atoms with E-state index in [1.54, 1.807) is 14.2 Å². The molecule has 0 spiro atoms. The molecule has 0 unspecified atom stereocenters. The zero-order chi connectivity index (χ0) is 18.8. The molecule has 5 heteroatoms. The van der Waals surface area contributed by atoms with Crippen molar-refractivity contribution in [1.29, 1.82) is 0 Å². The lowest BCUT2D eigenvalue weighted by atomic mass is 10.2. The standard InChI is InChI=1S/C22H24N2O3/c1-16-4-13-21(27-16)22-23(17-5-9-19(25-2)10-6-17)14-15-24(22)18-7-11-20(26-3)12-8-18/h4-13,22H,14-15H2,1-3H3. The summed E-state index contributed by atoms with van der Waals surface area (Å²) in [6.45, 7) is 3.79. The first-order chi connectivity index (χ1) is 13.2. The summed E-state index contributed by atoms with van der Waals surface area (Å²) >= 11 is 0. The number of hydrogen-bond acceptors (Lipinski definition) is 5. The maximum absolute atomic E-state index is 6.03. The summed E-state index contributed by atoms with van der Waals surface area (Å²) in [4.78, 5) is 4.73. The zero-order valence-corrected chi connectivity index (χ0v) is 15.9. The van der Waals surface area contributed by atoms with Gasteiger partial charge in [0.15, 0.2) is 6.17 Å². The summed E-state index contributed by atoms with van der Waals surface area (Å²) in [5.74, 6) is 3.57. The molecule has 0 aliphatic carbocycles. The van der Waals surface area contributed by atoms with Crippen LogP contribution in [0.15, 0.2) is 65.1 Å². The normalized spacial score (nSPS) is 14.6. The largest absolute Gasteiger partial charge is 0.497 e. The van der Waals surface area contributed by atoms with Gasteiger partial charge >= 0.3 is 0 Å².